The van der Waals surface area contributed by atoms with Crippen LogP contribution in [0.2, 0.25) is 0 Å². The number of anilines is 1. The Labute approximate surface area is 201 Å². The van der Waals surface area contributed by atoms with Crippen LogP contribution in [0.1, 0.15) is 31.5 Å². The van der Waals surface area contributed by atoms with Gasteiger partial charge in [0.25, 0.3) is 0 Å². The largest absolute Gasteiger partial charge is 0.468 e. The van der Waals surface area contributed by atoms with Crippen LogP contribution < -0.4 is 11.1 Å². The van der Waals surface area contributed by atoms with Gasteiger partial charge in [0.15, 0.2) is 5.65 Å². The predicted molar refractivity (Wildman–Crippen MR) is 126 cm³/mol. The van der Waals surface area contributed by atoms with Crippen LogP contribution in [0.4, 0.5) is 10.2 Å². The first kappa shape index (κ1) is 22.2. The van der Waals surface area contributed by atoms with Crippen molar-refractivity contribution in [1.29, 1.82) is 0 Å². The molecule has 1 saturated carbocycles. The first-order valence-electron chi connectivity index (χ1n) is 10.5. The van der Waals surface area contributed by atoms with E-state index in [0.717, 1.165) is 0 Å². The highest BCUT2D eigenvalue weighted by Crippen LogP contribution is 2.47. The average molecular weight is 527 g/mol. The SMILES string of the molecule is COC(=O)C1(C(=O)NC(C)c2nc3c(-c4cnc5ccc(F)cc5c4)cnn3c(N)c2Br)CC1. The molecule has 174 valence electrons. The van der Waals surface area contributed by atoms with E-state index in [2.05, 4.69) is 31.3 Å². The number of nitrogens with zero attached hydrogens (tertiary/aromatic N) is 4. The number of ether oxygens (including phenoxy) is 1. The Bertz CT molecular complexity index is 1480. The number of fused-ring (bicyclic) bond motifs is 2. The van der Waals surface area contributed by atoms with Gasteiger partial charge in [-0.05, 0) is 60.0 Å². The maximum absolute atomic E-state index is 13.7. The molecule has 0 aliphatic heterocycles. The standard InChI is InChI=1S/C23H20BrFN6O3/c1-11(29-21(32)23(5-6-23)22(33)34-2)18-17(24)19(26)31-20(30-18)15(10-28-31)13-7-12-8-14(25)3-4-16(12)27-9-13/h3-4,7-11H,5-6,26H2,1-2H3,(H,29,32). The van der Waals surface area contributed by atoms with E-state index in [0.29, 0.717) is 56.5 Å². The number of esters is 1. The number of nitrogens with two attached hydrogens (primary N) is 1. The minimum Gasteiger partial charge on any atom is -0.468 e. The zero-order chi connectivity index (χ0) is 24.2. The lowest BCUT2D eigenvalue weighted by atomic mass is 10.1. The van der Waals surface area contributed by atoms with Crippen molar-refractivity contribution in [2.45, 2.75) is 25.8 Å². The number of nitrogens with one attached hydrogen (secondary N) is 1. The molecule has 3 heterocycles. The molecule has 11 heteroatoms. The molecule has 0 saturated heterocycles. The van der Waals surface area contributed by atoms with Gasteiger partial charge in [-0.25, -0.2) is 9.37 Å². The number of amides is 1. The summed E-state index contributed by atoms with van der Waals surface area (Å²) in [6.45, 7) is 1.75. The molecular weight excluding hydrogens is 507 g/mol. The van der Waals surface area contributed by atoms with Gasteiger partial charge < -0.3 is 15.8 Å². The molecule has 0 radical (unpaired) electrons. The van der Waals surface area contributed by atoms with Crippen LogP contribution in [0.15, 0.2) is 41.1 Å². The van der Waals surface area contributed by atoms with E-state index < -0.39 is 23.3 Å². The minimum atomic E-state index is -1.14. The highest BCUT2D eigenvalue weighted by atomic mass is 79.9. The van der Waals surface area contributed by atoms with E-state index in [-0.39, 0.29) is 5.82 Å². The lowest BCUT2D eigenvalue weighted by Gasteiger charge is -2.19. The molecule has 1 atom stereocenters. The van der Waals surface area contributed by atoms with Gasteiger partial charge in [0.2, 0.25) is 5.91 Å². The van der Waals surface area contributed by atoms with Crippen molar-refractivity contribution in [2.24, 2.45) is 5.41 Å². The second-order valence-corrected chi connectivity index (χ2v) is 9.11. The molecule has 0 bridgehead atoms. The van der Waals surface area contributed by atoms with Crippen LogP contribution in [0, 0.1) is 11.2 Å². The van der Waals surface area contributed by atoms with Crippen molar-refractivity contribution in [3.8, 4) is 11.1 Å². The smallest absolute Gasteiger partial charge is 0.321 e. The second-order valence-electron chi connectivity index (χ2n) is 8.32. The normalized spacial score (nSPS) is 15.3. The van der Waals surface area contributed by atoms with Gasteiger partial charge in [-0.2, -0.15) is 9.61 Å². The molecule has 4 aromatic rings. The van der Waals surface area contributed by atoms with Gasteiger partial charge in [-0.15, -0.1) is 0 Å². The van der Waals surface area contributed by atoms with Crippen molar-refractivity contribution in [1.82, 2.24) is 24.9 Å². The van der Waals surface area contributed by atoms with E-state index in [4.69, 9.17) is 15.5 Å². The van der Waals surface area contributed by atoms with Crippen LogP contribution in [0.25, 0.3) is 27.7 Å². The van der Waals surface area contributed by atoms with Gasteiger partial charge >= 0.3 is 5.97 Å². The van der Waals surface area contributed by atoms with Gasteiger partial charge in [0, 0.05) is 22.7 Å². The number of carbonyl (C=O) groups is 2. The number of rotatable bonds is 5. The molecule has 34 heavy (non-hydrogen) atoms. The van der Waals surface area contributed by atoms with Crippen molar-refractivity contribution < 1.29 is 18.7 Å². The Kier molecular flexibility index (Phi) is 5.23. The van der Waals surface area contributed by atoms with E-state index in [1.807, 2.05) is 0 Å². The highest BCUT2D eigenvalue weighted by Gasteiger charge is 2.58. The molecule has 9 nitrogen and oxygen atoms in total. The molecule has 1 unspecified atom stereocenters. The number of hydrogen-bond acceptors (Lipinski definition) is 7. The third-order valence-corrected chi connectivity index (χ3v) is 6.93. The summed E-state index contributed by atoms with van der Waals surface area (Å²) >= 11 is 3.46. The second kappa shape index (κ2) is 8.01. The molecule has 5 rings (SSSR count). The summed E-state index contributed by atoms with van der Waals surface area (Å²) in [5, 5.41) is 7.84. The molecular formula is C23H20BrFN6O3. The number of nitrogen functional groups attached to an aromatic ring is 1. The Morgan fingerprint density at radius 2 is 2.06 bits per heavy atom. The van der Waals surface area contributed by atoms with Crippen LogP contribution in [0.5, 0.6) is 0 Å². The summed E-state index contributed by atoms with van der Waals surface area (Å²) in [5.41, 5.74) is 8.09. The molecule has 0 spiro atoms. The zero-order valence-corrected chi connectivity index (χ0v) is 19.9. The first-order valence-corrected chi connectivity index (χ1v) is 11.3. The van der Waals surface area contributed by atoms with E-state index in [9.17, 15) is 14.0 Å². The van der Waals surface area contributed by atoms with E-state index >= 15 is 0 Å². The van der Waals surface area contributed by atoms with Crippen molar-refractivity contribution in [2.75, 3.05) is 12.8 Å². The van der Waals surface area contributed by atoms with Gasteiger partial charge in [0.05, 0.1) is 35.0 Å². The molecule has 1 aliphatic carbocycles. The maximum atomic E-state index is 13.7. The molecule has 3 N–H and O–H groups in total. The number of halogens is 2. The average Bonchev–Trinajstić information content (AvgIpc) is 3.53. The van der Waals surface area contributed by atoms with Crippen LogP contribution in [0.3, 0.4) is 0 Å². The number of methoxy groups -OCH3 is 1. The van der Waals surface area contributed by atoms with Gasteiger partial charge in [-0.1, -0.05) is 0 Å². The predicted octanol–water partition coefficient (Wildman–Crippen LogP) is 3.56. The van der Waals surface area contributed by atoms with Crippen LogP contribution >= 0.6 is 15.9 Å². The van der Waals surface area contributed by atoms with Gasteiger partial charge in [0.1, 0.15) is 17.1 Å². The van der Waals surface area contributed by atoms with Gasteiger partial charge in [-0.3, -0.25) is 14.6 Å². The summed E-state index contributed by atoms with van der Waals surface area (Å²) in [7, 11) is 1.27. The summed E-state index contributed by atoms with van der Waals surface area (Å²) in [6, 6.07) is 5.62. The third-order valence-electron chi connectivity index (χ3n) is 6.12. The zero-order valence-electron chi connectivity index (χ0n) is 18.3. The van der Waals surface area contributed by atoms with Crippen molar-refractivity contribution >= 4 is 50.2 Å². The Morgan fingerprint density at radius 1 is 1.29 bits per heavy atom. The summed E-state index contributed by atoms with van der Waals surface area (Å²) in [4.78, 5) is 34.0. The van der Waals surface area contributed by atoms with Crippen LogP contribution in [-0.2, 0) is 14.3 Å². The Hall–Kier alpha value is -3.60. The van der Waals surface area contributed by atoms with E-state index in [1.165, 1.54) is 23.8 Å². The fourth-order valence-electron chi connectivity index (χ4n) is 4.00. The molecule has 1 aromatic carbocycles. The number of pyridine rings is 1. The van der Waals surface area contributed by atoms with E-state index in [1.54, 1.807) is 31.5 Å². The monoisotopic (exact) mass is 526 g/mol. The quantitative estimate of drug-likeness (QED) is 0.301. The molecule has 3 aromatic heterocycles. The molecule has 1 amide bonds. The fraction of sp³-hybridized carbons (Fsp3) is 0.261. The molecule has 1 aliphatic rings. The van der Waals surface area contributed by atoms with Crippen molar-refractivity contribution in [3.63, 3.8) is 0 Å². The molecule has 1 fully saturated rings. The maximum Gasteiger partial charge on any atom is 0.321 e. The number of aromatic nitrogens is 4. The number of carbonyl (C=O) groups excluding carboxylic acids is 2. The summed E-state index contributed by atoms with van der Waals surface area (Å²) in [6.07, 6.45) is 4.15. The minimum absolute atomic E-state index is 0.293. The topological polar surface area (TPSA) is 124 Å². The lowest BCUT2D eigenvalue weighted by molar-refractivity contribution is -0.152. The van der Waals surface area contributed by atoms with Crippen molar-refractivity contribution in [3.05, 3.63) is 52.6 Å². The third kappa shape index (κ3) is 3.47. The Morgan fingerprint density at radius 3 is 2.76 bits per heavy atom. The highest BCUT2D eigenvalue weighted by molar-refractivity contribution is 9.10. The summed E-state index contributed by atoms with van der Waals surface area (Å²) in [5.74, 6) is -1.02. The summed E-state index contributed by atoms with van der Waals surface area (Å²) < 4.78 is 20.5. The number of benzene rings is 1. The lowest BCUT2D eigenvalue weighted by Crippen LogP contribution is -2.39. The Balaban J connectivity index is 1.54. The number of hydrogen-bond donors (Lipinski definition) is 2. The fourth-order valence-corrected chi connectivity index (χ4v) is 4.60. The first-order chi connectivity index (χ1) is 16.2. The van der Waals surface area contributed by atoms with Crippen LogP contribution in [-0.4, -0.2) is 38.6 Å².